The monoisotopic (exact) mass is 328 g/mol. The van der Waals surface area contributed by atoms with Gasteiger partial charge in [-0.05, 0) is 18.6 Å². The second kappa shape index (κ2) is 8.41. The Balaban J connectivity index is 0.00000484. The molecule has 11 nitrogen and oxygen atoms in total. The van der Waals surface area contributed by atoms with Gasteiger partial charge in [-0.25, -0.2) is 4.79 Å². The summed E-state index contributed by atoms with van der Waals surface area (Å²) in [7, 11) is 0. The number of nitro groups is 1. The van der Waals surface area contributed by atoms with Crippen LogP contribution < -0.4 is 22.3 Å². The van der Waals surface area contributed by atoms with Crippen molar-refractivity contribution >= 4 is 29.2 Å². The van der Waals surface area contributed by atoms with Crippen molar-refractivity contribution in [1.82, 2.24) is 6.15 Å². The predicted octanol–water partition coefficient (Wildman–Crippen LogP) is -0.535. The maximum absolute atomic E-state index is 11.6. The maximum Gasteiger partial charge on any atom is 0.342 e. The van der Waals surface area contributed by atoms with Crippen molar-refractivity contribution in [3.8, 4) is 0 Å². The van der Waals surface area contributed by atoms with E-state index in [0.29, 0.717) is 0 Å². The lowest BCUT2D eigenvalue weighted by Gasteiger charge is -2.12. The van der Waals surface area contributed by atoms with Gasteiger partial charge in [0.05, 0.1) is 10.9 Å². The second-order valence-corrected chi connectivity index (χ2v) is 4.31. The summed E-state index contributed by atoms with van der Waals surface area (Å²) in [6, 6.07) is 1.77. The predicted molar refractivity (Wildman–Crippen MR) is 76.9 cm³/mol. The summed E-state index contributed by atoms with van der Waals surface area (Å²) in [4.78, 5) is 42.7. The van der Waals surface area contributed by atoms with Gasteiger partial charge in [-0.2, -0.15) is 0 Å². The number of rotatable bonds is 7. The lowest BCUT2D eigenvalue weighted by atomic mass is 10.1. The van der Waals surface area contributed by atoms with Crippen molar-refractivity contribution in [2.45, 2.75) is 18.9 Å². The zero-order valence-electron chi connectivity index (χ0n) is 12.1. The summed E-state index contributed by atoms with van der Waals surface area (Å²) < 4.78 is 0. The van der Waals surface area contributed by atoms with E-state index in [0.717, 1.165) is 12.1 Å². The fourth-order valence-corrected chi connectivity index (χ4v) is 1.57. The van der Waals surface area contributed by atoms with E-state index in [1.165, 1.54) is 6.07 Å². The average molecular weight is 328 g/mol. The lowest BCUT2D eigenvalue weighted by Crippen LogP contribution is -2.42. The summed E-state index contributed by atoms with van der Waals surface area (Å²) in [6.45, 7) is 0. The molecule has 0 saturated carbocycles. The average Bonchev–Trinajstić information content (AvgIpc) is 2.44. The van der Waals surface area contributed by atoms with Gasteiger partial charge in [0.25, 0.3) is 5.69 Å². The molecule has 1 rings (SSSR count). The number of anilines is 1. The summed E-state index contributed by atoms with van der Waals surface area (Å²) in [5, 5.41) is 32.3. The highest BCUT2D eigenvalue weighted by atomic mass is 16.6. The Kier molecular flexibility index (Phi) is 7.29. The molecule has 23 heavy (non-hydrogen) atoms. The molecule has 1 aromatic rings. The van der Waals surface area contributed by atoms with E-state index in [2.05, 4.69) is 5.32 Å². The second-order valence-electron chi connectivity index (χ2n) is 4.31. The van der Waals surface area contributed by atoms with Crippen molar-refractivity contribution in [3.05, 3.63) is 33.9 Å². The first kappa shape index (κ1) is 19.9. The van der Waals surface area contributed by atoms with Gasteiger partial charge in [0.15, 0.2) is 0 Å². The Labute approximate surface area is 129 Å². The maximum atomic E-state index is 11.6. The van der Waals surface area contributed by atoms with Gasteiger partial charge < -0.3 is 32.2 Å². The molecular weight excluding hydrogens is 312 g/mol. The Morgan fingerprint density at radius 2 is 1.96 bits per heavy atom. The zero-order valence-corrected chi connectivity index (χ0v) is 12.1. The number of benzene rings is 1. The third-order valence-electron chi connectivity index (χ3n) is 2.69. The minimum absolute atomic E-state index is 0. The van der Waals surface area contributed by atoms with Crippen molar-refractivity contribution in [2.75, 3.05) is 5.32 Å². The van der Waals surface area contributed by atoms with Crippen LogP contribution in [0.4, 0.5) is 11.4 Å². The molecule has 8 N–H and O–H groups in total. The number of carbonyl (C=O) groups is 3. The van der Waals surface area contributed by atoms with Gasteiger partial charge in [0.2, 0.25) is 5.91 Å². The topological polar surface area (TPSA) is 212 Å². The van der Waals surface area contributed by atoms with Crippen LogP contribution in [0.15, 0.2) is 18.2 Å². The molecule has 0 aliphatic rings. The van der Waals surface area contributed by atoms with Crippen LogP contribution in [0.5, 0.6) is 0 Å². The number of aromatic carboxylic acids is 1. The molecule has 0 saturated heterocycles. The number of quaternary nitrogens is 1. The van der Waals surface area contributed by atoms with Gasteiger partial charge >= 0.3 is 5.97 Å². The summed E-state index contributed by atoms with van der Waals surface area (Å²) in [5.74, 6) is -3.61. The first-order valence-electron chi connectivity index (χ1n) is 6.00. The largest absolute Gasteiger partial charge is 0.548 e. The summed E-state index contributed by atoms with van der Waals surface area (Å²) in [6.07, 6.45) is -0.387. The zero-order chi connectivity index (χ0) is 16.9. The van der Waals surface area contributed by atoms with Crippen molar-refractivity contribution in [1.29, 1.82) is 0 Å². The highest BCUT2D eigenvalue weighted by Crippen LogP contribution is 2.22. The molecule has 11 heteroatoms. The number of carboxylic acids is 2. The molecule has 0 aliphatic carbocycles. The van der Waals surface area contributed by atoms with Gasteiger partial charge in [-0.15, -0.1) is 0 Å². The van der Waals surface area contributed by atoms with E-state index in [1.807, 2.05) is 0 Å². The van der Waals surface area contributed by atoms with Gasteiger partial charge in [0.1, 0.15) is 5.56 Å². The van der Waals surface area contributed by atoms with E-state index < -0.39 is 40.1 Å². The normalized spacial score (nSPS) is 11.0. The van der Waals surface area contributed by atoms with Crippen molar-refractivity contribution in [2.24, 2.45) is 5.73 Å². The summed E-state index contributed by atoms with van der Waals surface area (Å²) in [5.41, 5.74) is 4.04. The van der Waals surface area contributed by atoms with Crippen LogP contribution in [-0.2, 0) is 9.59 Å². The van der Waals surface area contributed by atoms with E-state index in [9.17, 15) is 29.6 Å². The van der Waals surface area contributed by atoms with Crippen LogP contribution in [0, 0.1) is 10.1 Å². The van der Waals surface area contributed by atoms with Crippen molar-refractivity contribution in [3.63, 3.8) is 0 Å². The first-order valence-corrected chi connectivity index (χ1v) is 6.00. The third-order valence-corrected chi connectivity index (χ3v) is 2.69. The molecule has 0 aliphatic heterocycles. The molecule has 0 unspecified atom stereocenters. The Bertz CT molecular complexity index is 632. The van der Waals surface area contributed by atoms with Crippen LogP contribution in [-0.4, -0.2) is 33.9 Å². The molecular formula is C12H16N4O7. The van der Waals surface area contributed by atoms with Crippen LogP contribution in [0.25, 0.3) is 0 Å². The third kappa shape index (κ3) is 5.68. The molecule has 1 atom stereocenters. The van der Waals surface area contributed by atoms with Gasteiger partial charge in [-0.1, -0.05) is 0 Å². The molecule has 0 heterocycles. The first-order chi connectivity index (χ1) is 10.2. The van der Waals surface area contributed by atoms with E-state index in [4.69, 9.17) is 10.8 Å². The Hall–Kier alpha value is -3.05. The molecule has 0 radical (unpaired) electrons. The number of nitro benzene ring substituents is 1. The molecule has 0 aromatic heterocycles. The highest BCUT2D eigenvalue weighted by molar-refractivity contribution is 5.96. The SMILES string of the molecule is N[C@@H](CCC(=O)Nc1ccc([N+](=O)[O-])c(C(=O)O)c1)C(=O)[O-].[NH4+]. The van der Waals surface area contributed by atoms with Gasteiger partial charge in [-0.3, -0.25) is 14.9 Å². The fraction of sp³-hybridized carbons (Fsp3) is 0.250. The number of nitrogens with zero attached hydrogens (tertiary/aromatic N) is 1. The molecule has 0 spiro atoms. The minimum atomic E-state index is -1.51. The number of hydrogen-bond donors (Lipinski definition) is 4. The van der Waals surface area contributed by atoms with E-state index in [-0.39, 0.29) is 24.7 Å². The van der Waals surface area contributed by atoms with E-state index >= 15 is 0 Å². The number of nitrogens with one attached hydrogen (secondary N) is 1. The molecule has 1 aromatic carbocycles. The number of aliphatic carboxylic acids is 1. The minimum Gasteiger partial charge on any atom is -0.548 e. The Morgan fingerprint density at radius 1 is 1.35 bits per heavy atom. The molecule has 126 valence electrons. The van der Waals surface area contributed by atoms with Crippen molar-refractivity contribution < 1.29 is 29.5 Å². The smallest absolute Gasteiger partial charge is 0.342 e. The van der Waals surface area contributed by atoms with E-state index in [1.54, 1.807) is 0 Å². The standard InChI is InChI=1S/C12H13N3O7.H3N/c13-8(12(19)20)2-4-10(16)14-6-1-3-9(15(21)22)7(5-6)11(17)18;/h1,3,5,8H,2,4,13H2,(H,14,16)(H,17,18)(H,19,20);1H3/t8-;/m0./s1. The number of carbonyl (C=O) groups excluding carboxylic acids is 2. The number of nitrogens with two attached hydrogens (primary N) is 1. The molecule has 0 bridgehead atoms. The van der Waals surface area contributed by atoms with Gasteiger partial charge in [0, 0.05) is 24.2 Å². The molecule has 1 amide bonds. The summed E-state index contributed by atoms with van der Waals surface area (Å²) >= 11 is 0. The van der Waals surface area contributed by atoms with Crippen LogP contribution in [0.1, 0.15) is 23.2 Å². The van der Waals surface area contributed by atoms with Crippen LogP contribution >= 0.6 is 0 Å². The quantitative estimate of drug-likeness (QED) is 0.376. The highest BCUT2D eigenvalue weighted by Gasteiger charge is 2.20. The lowest BCUT2D eigenvalue weighted by molar-refractivity contribution is -0.385. The number of amides is 1. The number of hydrogen-bond acceptors (Lipinski definition) is 7. The molecule has 0 fully saturated rings. The fourth-order valence-electron chi connectivity index (χ4n) is 1.57. The number of carboxylic acid groups (broad SMARTS) is 2. The van der Waals surface area contributed by atoms with Crippen LogP contribution in [0.2, 0.25) is 0 Å². The Morgan fingerprint density at radius 3 is 2.43 bits per heavy atom. The van der Waals surface area contributed by atoms with Crippen LogP contribution in [0.3, 0.4) is 0 Å².